The van der Waals surface area contributed by atoms with Crippen molar-refractivity contribution in [3.8, 4) is 5.75 Å². The lowest BCUT2D eigenvalue weighted by Gasteiger charge is -2.41. The number of methoxy groups -OCH3 is 2. The molecule has 1 aromatic carbocycles. The molecule has 0 unspecified atom stereocenters. The molecule has 0 aromatic heterocycles. The van der Waals surface area contributed by atoms with Crippen molar-refractivity contribution in [1.82, 2.24) is 4.90 Å². The van der Waals surface area contributed by atoms with Crippen molar-refractivity contribution in [2.75, 3.05) is 39.2 Å². The molecule has 1 aliphatic heterocycles. The zero-order valence-corrected chi connectivity index (χ0v) is 13.7. The summed E-state index contributed by atoms with van der Waals surface area (Å²) >= 11 is 0. The van der Waals surface area contributed by atoms with Gasteiger partial charge in [-0.25, -0.2) is 0 Å². The molecule has 1 fully saturated rings. The van der Waals surface area contributed by atoms with Gasteiger partial charge in [0, 0.05) is 25.9 Å². The van der Waals surface area contributed by atoms with Crippen LogP contribution in [0.3, 0.4) is 0 Å². The summed E-state index contributed by atoms with van der Waals surface area (Å²) in [7, 11) is 2.63. The smallest absolute Gasteiger partial charge is 0.417 e. The lowest BCUT2D eigenvalue weighted by molar-refractivity contribution is -0.282. The molecule has 0 radical (unpaired) electrons. The molecule has 1 saturated heterocycles. The van der Waals surface area contributed by atoms with Crippen molar-refractivity contribution in [3.63, 3.8) is 0 Å². The number of nitrogens with one attached hydrogen (secondary N) is 1. The predicted molar refractivity (Wildman–Crippen MR) is 83.1 cm³/mol. The van der Waals surface area contributed by atoms with Crippen LogP contribution >= 0.6 is 0 Å². The van der Waals surface area contributed by atoms with E-state index in [1.54, 1.807) is 36.3 Å². The van der Waals surface area contributed by atoms with Gasteiger partial charge in [0.2, 0.25) is 5.91 Å². The Morgan fingerprint density at radius 3 is 2.25 bits per heavy atom. The summed E-state index contributed by atoms with van der Waals surface area (Å²) in [4.78, 5) is 13.7. The minimum absolute atomic E-state index is 0.0453. The molecule has 8 heteroatoms. The van der Waals surface area contributed by atoms with Crippen LogP contribution in [0.1, 0.15) is 12.8 Å². The number of ether oxygens (including phenoxy) is 2. The third-order valence-electron chi connectivity index (χ3n) is 4.31. The number of benzene rings is 1. The van der Waals surface area contributed by atoms with Crippen molar-refractivity contribution in [1.29, 1.82) is 0 Å². The maximum absolute atomic E-state index is 13.1. The molecule has 2 rings (SSSR count). The van der Waals surface area contributed by atoms with E-state index < -0.39 is 11.8 Å². The van der Waals surface area contributed by atoms with Crippen molar-refractivity contribution in [3.05, 3.63) is 24.3 Å². The van der Waals surface area contributed by atoms with Crippen LogP contribution in [-0.4, -0.2) is 56.4 Å². The molecule has 1 aliphatic rings. The minimum Gasteiger partial charge on any atom is -0.497 e. The normalized spacial score (nSPS) is 18.2. The molecular weight excluding hydrogens is 325 g/mol. The Morgan fingerprint density at radius 1 is 1.21 bits per heavy atom. The number of hydrogen-bond acceptors (Lipinski definition) is 4. The van der Waals surface area contributed by atoms with E-state index in [4.69, 9.17) is 9.47 Å². The Bertz CT molecular complexity index is 553. The van der Waals surface area contributed by atoms with Gasteiger partial charge in [0.15, 0.2) is 5.60 Å². The number of carbonyl (C=O) groups excluding carboxylic acids is 1. The van der Waals surface area contributed by atoms with Gasteiger partial charge in [0.1, 0.15) is 5.75 Å². The van der Waals surface area contributed by atoms with Gasteiger partial charge in [-0.3, -0.25) is 9.69 Å². The van der Waals surface area contributed by atoms with Crippen molar-refractivity contribution in [2.24, 2.45) is 0 Å². The monoisotopic (exact) mass is 346 g/mol. The number of nitrogens with zero attached hydrogens (tertiary/aromatic N) is 1. The van der Waals surface area contributed by atoms with Gasteiger partial charge in [0.05, 0.1) is 13.7 Å². The quantitative estimate of drug-likeness (QED) is 0.891. The number of carbonyl (C=O) groups is 1. The van der Waals surface area contributed by atoms with E-state index in [0.717, 1.165) is 7.11 Å². The summed E-state index contributed by atoms with van der Waals surface area (Å²) in [6.07, 6.45) is -4.76. The molecule has 0 atom stereocenters. The molecule has 1 N–H and O–H groups in total. The predicted octanol–water partition coefficient (Wildman–Crippen LogP) is 2.68. The summed E-state index contributed by atoms with van der Waals surface area (Å²) < 4.78 is 49.1. The highest BCUT2D eigenvalue weighted by molar-refractivity contribution is 5.92. The number of anilines is 1. The molecule has 0 bridgehead atoms. The standard InChI is InChI=1S/C16H21F3N2O3/c1-23-13-5-3-12(4-6-13)20-14(22)11-21-9-7-15(24-2,8-10-21)16(17,18)19/h3-6H,7-11H2,1-2H3,(H,20,22). The molecule has 1 amide bonds. The Labute approximate surface area is 138 Å². The topological polar surface area (TPSA) is 50.8 Å². The fraction of sp³-hybridized carbons (Fsp3) is 0.562. The first-order valence-corrected chi connectivity index (χ1v) is 7.58. The number of amides is 1. The number of piperidine rings is 1. The van der Waals surface area contributed by atoms with E-state index in [9.17, 15) is 18.0 Å². The molecule has 0 aliphatic carbocycles. The number of rotatable bonds is 5. The summed E-state index contributed by atoms with van der Waals surface area (Å²) in [6.45, 7) is 0.358. The highest BCUT2D eigenvalue weighted by atomic mass is 19.4. The molecule has 0 saturated carbocycles. The van der Waals surface area contributed by atoms with Gasteiger partial charge in [-0.05, 0) is 37.1 Å². The molecule has 5 nitrogen and oxygen atoms in total. The maximum atomic E-state index is 13.1. The second-order valence-corrected chi connectivity index (χ2v) is 5.75. The third kappa shape index (κ3) is 4.18. The minimum atomic E-state index is -4.40. The van der Waals surface area contributed by atoms with Crippen LogP contribution in [0.25, 0.3) is 0 Å². The number of alkyl halides is 3. The number of likely N-dealkylation sites (tertiary alicyclic amines) is 1. The van der Waals surface area contributed by atoms with E-state index in [0.29, 0.717) is 11.4 Å². The first-order valence-electron chi connectivity index (χ1n) is 7.58. The Kier molecular flexibility index (Phi) is 5.71. The van der Waals surface area contributed by atoms with Crippen LogP contribution in [0.2, 0.25) is 0 Å². The molecule has 1 heterocycles. The van der Waals surface area contributed by atoms with E-state index in [2.05, 4.69) is 5.32 Å². The van der Waals surface area contributed by atoms with Crippen molar-refractivity contribution >= 4 is 11.6 Å². The highest BCUT2D eigenvalue weighted by Crippen LogP contribution is 2.41. The van der Waals surface area contributed by atoms with Gasteiger partial charge in [-0.2, -0.15) is 13.2 Å². The number of hydrogen-bond donors (Lipinski definition) is 1. The fourth-order valence-electron chi connectivity index (χ4n) is 2.75. The number of halogens is 3. The lowest BCUT2D eigenvalue weighted by Crippen LogP contribution is -2.55. The van der Waals surface area contributed by atoms with Crippen LogP contribution < -0.4 is 10.1 Å². The second-order valence-electron chi connectivity index (χ2n) is 5.75. The first-order chi connectivity index (χ1) is 11.3. The summed E-state index contributed by atoms with van der Waals surface area (Å²) in [5.74, 6) is 0.407. The lowest BCUT2D eigenvalue weighted by atomic mass is 9.90. The average molecular weight is 346 g/mol. The van der Waals surface area contributed by atoms with Crippen LogP contribution in [-0.2, 0) is 9.53 Å². The van der Waals surface area contributed by atoms with Crippen LogP contribution in [0.15, 0.2) is 24.3 Å². The highest BCUT2D eigenvalue weighted by Gasteiger charge is 2.56. The van der Waals surface area contributed by atoms with Gasteiger partial charge >= 0.3 is 6.18 Å². The van der Waals surface area contributed by atoms with Crippen molar-refractivity contribution < 1.29 is 27.4 Å². The Hall–Kier alpha value is -1.80. The van der Waals surface area contributed by atoms with Crippen LogP contribution in [0.5, 0.6) is 5.75 Å². The Balaban J connectivity index is 1.85. The van der Waals surface area contributed by atoms with E-state index >= 15 is 0 Å². The van der Waals surface area contributed by atoms with E-state index in [1.165, 1.54) is 0 Å². The maximum Gasteiger partial charge on any atom is 0.417 e. The fourth-order valence-corrected chi connectivity index (χ4v) is 2.75. The van der Waals surface area contributed by atoms with Gasteiger partial charge in [-0.1, -0.05) is 0 Å². The zero-order chi connectivity index (χ0) is 17.8. The van der Waals surface area contributed by atoms with Crippen LogP contribution in [0, 0.1) is 0 Å². The molecule has 134 valence electrons. The van der Waals surface area contributed by atoms with Gasteiger partial charge in [-0.15, -0.1) is 0 Å². The summed E-state index contributed by atoms with van der Waals surface area (Å²) in [6, 6.07) is 6.83. The molecule has 0 spiro atoms. The zero-order valence-electron chi connectivity index (χ0n) is 13.7. The van der Waals surface area contributed by atoms with Gasteiger partial charge < -0.3 is 14.8 Å². The van der Waals surface area contributed by atoms with Crippen molar-refractivity contribution in [2.45, 2.75) is 24.6 Å². The SMILES string of the molecule is COc1ccc(NC(=O)CN2CCC(OC)(C(F)(F)F)CC2)cc1. The van der Waals surface area contributed by atoms with E-state index in [1.807, 2.05) is 0 Å². The van der Waals surface area contributed by atoms with E-state index in [-0.39, 0.29) is 38.4 Å². The van der Waals surface area contributed by atoms with Crippen LogP contribution in [0.4, 0.5) is 18.9 Å². The Morgan fingerprint density at radius 2 is 1.79 bits per heavy atom. The first kappa shape index (κ1) is 18.5. The third-order valence-corrected chi connectivity index (χ3v) is 4.31. The molecule has 1 aromatic rings. The summed E-state index contributed by atoms with van der Waals surface area (Å²) in [5.41, 5.74) is -1.49. The second kappa shape index (κ2) is 7.40. The average Bonchev–Trinajstić information content (AvgIpc) is 2.55. The summed E-state index contributed by atoms with van der Waals surface area (Å²) in [5, 5.41) is 2.72. The largest absolute Gasteiger partial charge is 0.497 e. The molecule has 24 heavy (non-hydrogen) atoms. The van der Waals surface area contributed by atoms with Gasteiger partial charge in [0.25, 0.3) is 0 Å². The molecular formula is C16H21F3N2O3.